The Bertz CT molecular complexity index is 547. The van der Waals surface area contributed by atoms with E-state index in [0.29, 0.717) is 5.75 Å². The van der Waals surface area contributed by atoms with Crippen LogP contribution in [0.3, 0.4) is 0 Å². The Hall–Kier alpha value is -2.07. The number of nitriles is 1. The van der Waals surface area contributed by atoms with Gasteiger partial charge in [0, 0.05) is 0 Å². The van der Waals surface area contributed by atoms with Crippen molar-refractivity contribution in [1.82, 2.24) is 0 Å². The van der Waals surface area contributed by atoms with Gasteiger partial charge in [-0.2, -0.15) is 5.26 Å². The summed E-state index contributed by atoms with van der Waals surface area (Å²) < 4.78 is 32.2. The zero-order chi connectivity index (χ0) is 14.1. The van der Waals surface area contributed by atoms with E-state index in [1.807, 2.05) is 6.07 Å². The van der Waals surface area contributed by atoms with Crippen LogP contribution >= 0.6 is 0 Å². The molecule has 1 aromatic carbocycles. The van der Waals surface area contributed by atoms with E-state index in [1.54, 1.807) is 24.3 Å². The number of nitrogens with zero attached hydrogens (tertiary/aromatic N) is 1. The molecule has 6 nitrogen and oxygen atoms in total. The van der Waals surface area contributed by atoms with E-state index >= 15 is 0 Å². The first-order valence-corrected chi connectivity index (χ1v) is 7.26. The average molecular weight is 283 g/mol. The van der Waals surface area contributed by atoms with Gasteiger partial charge in [0.25, 0.3) is 0 Å². The second-order valence-corrected chi connectivity index (χ2v) is 5.64. The lowest BCUT2D eigenvalue weighted by Crippen LogP contribution is -2.22. The van der Waals surface area contributed by atoms with E-state index in [9.17, 15) is 13.2 Å². The topological polar surface area (TPSA) is 93.5 Å². The first-order valence-electron chi connectivity index (χ1n) is 5.44. The minimum absolute atomic E-state index is 0.0458. The second-order valence-electron chi connectivity index (χ2n) is 3.57. The molecule has 0 bridgehead atoms. The van der Waals surface area contributed by atoms with Crippen molar-refractivity contribution in [1.29, 1.82) is 5.26 Å². The maximum absolute atomic E-state index is 11.2. The Balaban J connectivity index is 2.23. The fraction of sp³-hybridized carbons (Fsp3) is 0.333. The third-order valence-electron chi connectivity index (χ3n) is 1.98. The zero-order valence-corrected chi connectivity index (χ0v) is 10.9. The van der Waals surface area contributed by atoms with Crippen LogP contribution in [0.2, 0.25) is 0 Å². The van der Waals surface area contributed by atoms with Gasteiger partial charge in [-0.3, -0.25) is 4.79 Å². The van der Waals surface area contributed by atoms with Crippen LogP contribution in [0.4, 0.5) is 0 Å². The van der Waals surface area contributed by atoms with Crippen LogP contribution < -0.4 is 4.74 Å². The van der Waals surface area contributed by atoms with Gasteiger partial charge in [0.2, 0.25) is 0 Å². The van der Waals surface area contributed by atoms with E-state index < -0.39 is 27.3 Å². The van der Waals surface area contributed by atoms with Crippen molar-refractivity contribution in [3.63, 3.8) is 0 Å². The van der Waals surface area contributed by atoms with Crippen LogP contribution in [-0.2, 0) is 19.4 Å². The molecule has 0 saturated carbocycles. The van der Waals surface area contributed by atoms with Gasteiger partial charge in [0.15, 0.2) is 9.84 Å². The highest BCUT2D eigenvalue weighted by atomic mass is 32.2. The van der Waals surface area contributed by atoms with Crippen molar-refractivity contribution in [3.8, 4) is 11.8 Å². The second kappa shape index (κ2) is 7.38. The molecule has 0 aliphatic carbocycles. The zero-order valence-electron chi connectivity index (χ0n) is 10.1. The van der Waals surface area contributed by atoms with Crippen molar-refractivity contribution < 1.29 is 22.7 Å². The van der Waals surface area contributed by atoms with Crippen LogP contribution in [0.1, 0.15) is 0 Å². The SMILES string of the molecule is N#CCS(=O)(=O)CC(=O)OCCOc1ccccc1. The highest BCUT2D eigenvalue weighted by Gasteiger charge is 2.17. The molecule has 19 heavy (non-hydrogen) atoms. The monoisotopic (exact) mass is 283 g/mol. The molecular weight excluding hydrogens is 270 g/mol. The van der Waals surface area contributed by atoms with Crippen molar-refractivity contribution >= 4 is 15.8 Å². The number of hydrogen-bond donors (Lipinski definition) is 0. The van der Waals surface area contributed by atoms with Crippen molar-refractivity contribution in [2.24, 2.45) is 0 Å². The molecular formula is C12H13NO5S. The third kappa shape index (κ3) is 6.43. The summed E-state index contributed by atoms with van der Waals surface area (Å²) in [5, 5.41) is 8.25. The smallest absolute Gasteiger partial charge is 0.321 e. The summed E-state index contributed by atoms with van der Waals surface area (Å²) in [6, 6.07) is 10.4. The molecule has 0 fully saturated rings. The van der Waals surface area contributed by atoms with E-state index in [-0.39, 0.29) is 13.2 Å². The van der Waals surface area contributed by atoms with Crippen LogP contribution in [0.15, 0.2) is 30.3 Å². The maximum Gasteiger partial charge on any atom is 0.321 e. The first kappa shape index (κ1) is 15.0. The van der Waals surface area contributed by atoms with Gasteiger partial charge in [-0.1, -0.05) is 18.2 Å². The Morgan fingerprint density at radius 2 is 1.89 bits per heavy atom. The molecule has 7 heteroatoms. The Labute approximate surface area is 111 Å². The molecule has 0 atom stereocenters. The number of sulfone groups is 1. The van der Waals surface area contributed by atoms with Gasteiger partial charge in [-0.05, 0) is 12.1 Å². The predicted molar refractivity (Wildman–Crippen MR) is 67.2 cm³/mol. The molecule has 0 amide bonds. The molecule has 0 saturated heterocycles. The Morgan fingerprint density at radius 3 is 2.53 bits per heavy atom. The quantitative estimate of drug-likeness (QED) is 0.536. The number of rotatable bonds is 7. The van der Waals surface area contributed by atoms with Crippen molar-refractivity contribution in [2.45, 2.75) is 0 Å². The van der Waals surface area contributed by atoms with Gasteiger partial charge >= 0.3 is 5.97 Å². The van der Waals surface area contributed by atoms with Crippen molar-refractivity contribution in [3.05, 3.63) is 30.3 Å². The van der Waals surface area contributed by atoms with Gasteiger partial charge in [-0.25, -0.2) is 8.42 Å². The van der Waals surface area contributed by atoms with Crippen LogP contribution in [0, 0.1) is 11.3 Å². The summed E-state index contributed by atoms with van der Waals surface area (Å²) in [6.45, 7) is 0.0872. The number of para-hydroxylation sites is 1. The minimum Gasteiger partial charge on any atom is -0.490 e. The van der Waals surface area contributed by atoms with E-state index in [1.165, 1.54) is 6.07 Å². The van der Waals surface area contributed by atoms with Crippen LogP contribution in [0.25, 0.3) is 0 Å². The number of ether oxygens (including phenoxy) is 2. The van der Waals surface area contributed by atoms with Gasteiger partial charge in [0.1, 0.15) is 30.5 Å². The molecule has 102 valence electrons. The predicted octanol–water partition coefficient (Wildman–Crippen LogP) is 0.547. The van der Waals surface area contributed by atoms with Gasteiger partial charge in [-0.15, -0.1) is 0 Å². The number of hydrogen-bond acceptors (Lipinski definition) is 6. The highest BCUT2D eigenvalue weighted by Crippen LogP contribution is 2.07. The number of carbonyl (C=O) groups is 1. The number of carbonyl (C=O) groups excluding carboxylic acids is 1. The van der Waals surface area contributed by atoms with E-state index in [0.717, 1.165) is 0 Å². The summed E-state index contributed by atoms with van der Waals surface area (Å²) in [6.07, 6.45) is 0. The summed E-state index contributed by atoms with van der Waals surface area (Å²) in [7, 11) is -3.70. The van der Waals surface area contributed by atoms with E-state index in [2.05, 4.69) is 0 Å². The lowest BCUT2D eigenvalue weighted by molar-refractivity contribution is -0.141. The largest absolute Gasteiger partial charge is 0.490 e. The van der Waals surface area contributed by atoms with E-state index in [4.69, 9.17) is 14.7 Å². The third-order valence-corrected chi connectivity index (χ3v) is 3.22. The van der Waals surface area contributed by atoms with Gasteiger partial charge in [0.05, 0.1) is 6.07 Å². The lowest BCUT2D eigenvalue weighted by Gasteiger charge is -2.06. The fourth-order valence-electron chi connectivity index (χ4n) is 1.20. The summed E-state index contributed by atoms with van der Waals surface area (Å²) >= 11 is 0. The highest BCUT2D eigenvalue weighted by molar-refractivity contribution is 7.92. The van der Waals surface area contributed by atoms with Crippen LogP contribution in [-0.4, -0.2) is 39.1 Å². The molecule has 0 unspecified atom stereocenters. The summed E-state index contributed by atoms with van der Waals surface area (Å²) in [5.41, 5.74) is 0. The molecule has 1 aromatic rings. The molecule has 0 radical (unpaired) electrons. The van der Waals surface area contributed by atoms with Gasteiger partial charge < -0.3 is 9.47 Å². The number of esters is 1. The molecule has 1 rings (SSSR count). The summed E-state index contributed by atoms with van der Waals surface area (Å²) in [5.74, 6) is -1.73. The minimum atomic E-state index is -3.70. The normalized spacial score (nSPS) is 10.5. The average Bonchev–Trinajstić information content (AvgIpc) is 2.35. The molecule has 0 aromatic heterocycles. The van der Waals surface area contributed by atoms with Crippen molar-refractivity contribution in [2.75, 3.05) is 24.7 Å². The van der Waals surface area contributed by atoms with Crippen LogP contribution in [0.5, 0.6) is 5.75 Å². The molecule has 0 heterocycles. The molecule has 0 spiro atoms. The Morgan fingerprint density at radius 1 is 1.21 bits per heavy atom. The number of benzene rings is 1. The first-order chi connectivity index (χ1) is 9.03. The summed E-state index contributed by atoms with van der Waals surface area (Å²) in [4.78, 5) is 11.2. The molecule has 0 aliphatic heterocycles. The molecule has 0 N–H and O–H groups in total. The molecule has 0 aliphatic rings. The fourth-order valence-corrected chi connectivity index (χ4v) is 1.94. The Kier molecular flexibility index (Phi) is 5.82. The standard InChI is InChI=1S/C12H13NO5S/c13-6-9-19(15,16)10-12(14)18-8-7-17-11-4-2-1-3-5-11/h1-5H,7-10H2. The lowest BCUT2D eigenvalue weighted by atomic mass is 10.3. The maximum atomic E-state index is 11.2.